The van der Waals surface area contributed by atoms with Crippen molar-refractivity contribution < 1.29 is 24.1 Å². The number of fused-ring (bicyclic) bond motifs is 7. The van der Waals surface area contributed by atoms with Crippen molar-refractivity contribution in [2.75, 3.05) is 21.3 Å². The van der Waals surface area contributed by atoms with E-state index in [9.17, 15) is 9.90 Å². The Labute approximate surface area is 278 Å². The number of hydrogen-bond acceptors (Lipinski definition) is 5. The number of nitrogens with one attached hydrogen (secondary N) is 1. The topological polar surface area (TPSA) is 77.0 Å². The largest absolute Gasteiger partial charge is 0.493 e. The standard InChI is InChI=1S/C40H61NO5/c1-24(2)26-13-18-40(35(43)41-23-25-21-28(44-8)34(46-10)29(22-25)45-9)20-19-38(6)27(33(26)40)11-12-31-37(5)16-15-32(42)36(3,4)30(37)14-17-39(31,38)7/h21-22,26-27,30-33,42H,1,11-20,23H2,2-10H3,(H,41,43)/t26-,27+,30-,31+,32-,33+,37-,38+,39+,40-/m0/s1. The monoisotopic (exact) mass is 635 g/mol. The number of aliphatic hydroxyl groups is 1. The summed E-state index contributed by atoms with van der Waals surface area (Å²) in [6.45, 7) is 19.7. The minimum absolute atomic E-state index is 0.0414. The summed E-state index contributed by atoms with van der Waals surface area (Å²) >= 11 is 0. The third-order valence-corrected chi connectivity index (χ3v) is 15.7. The van der Waals surface area contributed by atoms with Crippen molar-refractivity contribution in [2.45, 2.75) is 118 Å². The van der Waals surface area contributed by atoms with Crippen molar-refractivity contribution in [3.05, 3.63) is 29.8 Å². The van der Waals surface area contributed by atoms with Gasteiger partial charge in [0.25, 0.3) is 0 Å². The van der Waals surface area contributed by atoms with Crippen LogP contribution in [0.5, 0.6) is 17.2 Å². The summed E-state index contributed by atoms with van der Waals surface area (Å²) in [5, 5.41) is 14.5. The van der Waals surface area contributed by atoms with Crippen LogP contribution in [0, 0.1) is 56.7 Å². The van der Waals surface area contributed by atoms with Gasteiger partial charge >= 0.3 is 0 Å². The Hall–Kier alpha value is -2.21. The quantitative estimate of drug-likeness (QED) is 0.295. The van der Waals surface area contributed by atoms with E-state index in [0.717, 1.165) is 44.1 Å². The number of carbonyl (C=O) groups is 1. The molecule has 0 unspecified atom stereocenters. The maximum atomic E-state index is 14.6. The molecule has 6 nitrogen and oxygen atoms in total. The molecule has 1 aromatic carbocycles. The summed E-state index contributed by atoms with van der Waals surface area (Å²) in [6.07, 6.45) is 10.7. The highest BCUT2D eigenvalue weighted by Gasteiger charge is 2.71. The van der Waals surface area contributed by atoms with Crippen LogP contribution in [-0.4, -0.2) is 38.4 Å². The molecule has 0 saturated heterocycles. The number of benzene rings is 1. The van der Waals surface area contributed by atoms with Gasteiger partial charge in [-0.15, -0.1) is 0 Å². The Morgan fingerprint density at radius 2 is 1.52 bits per heavy atom. The summed E-state index contributed by atoms with van der Waals surface area (Å²) < 4.78 is 16.7. The van der Waals surface area contributed by atoms with Gasteiger partial charge in [0.2, 0.25) is 11.7 Å². The normalized spacial score (nSPS) is 42.5. The van der Waals surface area contributed by atoms with Gasteiger partial charge in [-0.05, 0) is 140 Å². The van der Waals surface area contributed by atoms with E-state index >= 15 is 0 Å². The fourth-order valence-electron chi connectivity index (χ4n) is 13.1. The Morgan fingerprint density at radius 3 is 2.13 bits per heavy atom. The Morgan fingerprint density at radius 1 is 0.848 bits per heavy atom. The van der Waals surface area contributed by atoms with Crippen LogP contribution in [-0.2, 0) is 11.3 Å². The smallest absolute Gasteiger partial charge is 0.226 e. The van der Waals surface area contributed by atoms with E-state index in [2.05, 4.69) is 53.4 Å². The average molecular weight is 636 g/mol. The van der Waals surface area contributed by atoms with Gasteiger partial charge in [-0.3, -0.25) is 4.79 Å². The fourth-order valence-corrected chi connectivity index (χ4v) is 13.1. The Kier molecular flexibility index (Phi) is 8.38. The van der Waals surface area contributed by atoms with E-state index < -0.39 is 0 Å². The van der Waals surface area contributed by atoms with Crippen LogP contribution in [0.1, 0.15) is 111 Å². The van der Waals surface area contributed by atoms with Crippen LogP contribution >= 0.6 is 0 Å². The van der Waals surface area contributed by atoms with Crippen molar-refractivity contribution in [1.29, 1.82) is 0 Å². The molecule has 5 aliphatic carbocycles. The SMILES string of the molecule is C=C(C)[C@@H]1CC[C@]2(C(=O)NCc3cc(OC)c(OC)c(OC)c3)CC[C@]3(C)[C@H](CC[C@@H]4[C@@]5(C)CC[C@H](O)C(C)(C)[C@@H]5CC[C@]43C)[C@@H]12. The van der Waals surface area contributed by atoms with E-state index in [0.29, 0.717) is 53.4 Å². The van der Waals surface area contributed by atoms with E-state index in [-0.39, 0.29) is 39.1 Å². The first-order valence-electron chi connectivity index (χ1n) is 18.0. The molecule has 5 saturated carbocycles. The van der Waals surface area contributed by atoms with Crippen LogP contribution in [0.4, 0.5) is 0 Å². The molecule has 0 aromatic heterocycles. The lowest BCUT2D eigenvalue weighted by Crippen LogP contribution is -2.67. The van der Waals surface area contributed by atoms with Crippen LogP contribution in [0.2, 0.25) is 0 Å². The molecule has 0 heterocycles. The van der Waals surface area contributed by atoms with E-state index in [1.165, 1.54) is 31.3 Å². The molecule has 5 aliphatic rings. The molecule has 0 spiro atoms. The number of hydrogen-bond donors (Lipinski definition) is 2. The van der Waals surface area contributed by atoms with E-state index in [1.807, 2.05) is 12.1 Å². The molecule has 46 heavy (non-hydrogen) atoms. The summed E-state index contributed by atoms with van der Waals surface area (Å²) in [7, 11) is 4.86. The molecule has 6 heteroatoms. The molecule has 1 aromatic rings. The molecule has 2 N–H and O–H groups in total. The molecule has 0 bridgehead atoms. The first-order valence-corrected chi connectivity index (χ1v) is 18.0. The Balaban J connectivity index is 1.31. The molecule has 0 radical (unpaired) electrons. The summed E-state index contributed by atoms with van der Waals surface area (Å²) in [4.78, 5) is 14.6. The number of aliphatic hydroxyl groups excluding tert-OH is 1. The van der Waals surface area contributed by atoms with Crippen molar-refractivity contribution in [3.8, 4) is 17.2 Å². The van der Waals surface area contributed by atoms with Gasteiger partial charge in [-0.25, -0.2) is 0 Å². The molecule has 1 amide bonds. The van der Waals surface area contributed by atoms with Crippen molar-refractivity contribution >= 4 is 5.91 Å². The predicted molar refractivity (Wildman–Crippen MR) is 183 cm³/mol. The highest BCUT2D eigenvalue weighted by atomic mass is 16.5. The van der Waals surface area contributed by atoms with Gasteiger partial charge < -0.3 is 24.6 Å². The van der Waals surface area contributed by atoms with E-state index in [1.54, 1.807) is 21.3 Å². The lowest BCUT2D eigenvalue weighted by atomic mass is 9.32. The predicted octanol–water partition coefficient (Wildman–Crippen LogP) is 8.35. The number of rotatable bonds is 7. The average Bonchev–Trinajstić information content (AvgIpc) is 3.43. The highest BCUT2D eigenvalue weighted by molar-refractivity contribution is 5.84. The number of methoxy groups -OCH3 is 3. The molecular formula is C40H61NO5. The van der Waals surface area contributed by atoms with Gasteiger partial charge in [-0.2, -0.15) is 0 Å². The highest BCUT2D eigenvalue weighted by Crippen LogP contribution is 2.77. The molecule has 0 aliphatic heterocycles. The first-order chi connectivity index (χ1) is 21.6. The fraction of sp³-hybridized carbons (Fsp3) is 0.775. The number of carbonyl (C=O) groups excluding carboxylic acids is 1. The molecule has 5 fully saturated rings. The third kappa shape index (κ3) is 4.54. The first kappa shape index (κ1) is 33.7. The zero-order valence-electron chi connectivity index (χ0n) is 30.2. The summed E-state index contributed by atoms with van der Waals surface area (Å²) in [5.41, 5.74) is 2.42. The van der Waals surface area contributed by atoms with Crippen molar-refractivity contribution in [1.82, 2.24) is 5.32 Å². The number of ether oxygens (including phenoxy) is 3. The van der Waals surface area contributed by atoms with Crippen LogP contribution in [0.15, 0.2) is 24.3 Å². The number of amides is 1. The maximum absolute atomic E-state index is 14.6. The second-order valence-electron chi connectivity index (χ2n) is 17.4. The van der Waals surface area contributed by atoms with E-state index in [4.69, 9.17) is 14.2 Å². The number of allylic oxidation sites excluding steroid dienone is 1. The van der Waals surface area contributed by atoms with Crippen molar-refractivity contribution in [2.24, 2.45) is 56.7 Å². The summed E-state index contributed by atoms with van der Waals surface area (Å²) in [5.74, 6) is 4.38. The van der Waals surface area contributed by atoms with Crippen molar-refractivity contribution in [3.63, 3.8) is 0 Å². The molecule has 256 valence electrons. The molecule has 6 rings (SSSR count). The van der Waals surface area contributed by atoms with Crippen LogP contribution in [0.3, 0.4) is 0 Å². The molecule has 10 atom stereocenters. The van der Waals surface area contributed by atoms with Crippen LogP contribution in [0.25, 0.3) is 0 Å². The second kappa shape index (κ2) is 11.4. The van der Waals surface area contributed by atoms with Gasteiger partial charge in [0.15, 0.2) is 11.5 Å². The Bertz CT molecular complexity index is 1350. The second-order valence-corrected chi connectivity index (χ2v) is 17.4. The van der Waals surface area contributed by atoms with Gasteiger partial charge in [0, 0.05) is 6.54 Å². The van der Waals surface area contributed by atoms with Crippen LogP contribution < -0.4 is 19.5 Å². The zero-order chi connectivity index (χ0) is 33.4. The third-order valence-electron chi connectivity index (χ3n) is 15.7. The zero-order valence-corrected chi connectivity index (χ0v) is 30.2. The lowest BCUT2D eigenvalue weighted by Gasteiger charge is -2.72. The van der Waals surface area contributed by atoms with Gasteiger partial charge in [0.05, 0.1) is 32.8 Å². The minimum Gasteiger partial charge on any atom is -0.493 e. The maximum Gasteiger partial charge on any atom is 0.226 e. The minimum atomic E-state index is -0.365. The summed E-state index contributed by atoms with van der Waals surface area (Å²) in [6, 6.07) is 3.87. The van der Waals surface area contributed by atoms with Gasteiger partial charge in [-0.1, -0.05) is 46.8 Å². The lowest BCUT2D eigenvalue weighted by molar-refractivity contribution is -0.246. The van der Waals surface area contributed by atoms with Gasteiger partial charge in [0.1, 0.15) is 0 Å². The molecular weight excluding hydrogens is 574 g/mol.